The topological polar surface area (TPSA) is 67.0 Å². The third-order valence-corrected chi connectivity index (χ3v) is 1.25. The molecule has 1 aromatic rings. The first-order valence-corrected chi connectivity index (χ1v) is 3.68. The summed E-state index contributed by atoms with van der Waals surface area (Å²) >= 11 is 0. The van der Waals surface area contributed by atoms with Crippen molar-refractivity contribution in [1.29, 1.82) is 0 Å². The Hall–Kier alpha value is -1.36. The van der Waals surface area contributed by atoms with Crippen LogP contribution >= 0.6 is 0 Å². The summed E-state index contributed by atoms with van der Waals surface area (Å²) in [6, 6.07) is 1.65. The summed E-state index contributed by atoms with van der Waals surface area (Å²) in [7, 11) is 0. The highest BCUT2D eigenvalue weighted by molar-refractivity contribution is 5.91. The van der Waals surface area contributed by atoms with Gasteiger partial charge in [-0.05, 0) is 19.9 Å². The molecule has 1 heterocycles. The molecule has 0 aliphatic heterocycles. The number of nitrogens with zero attached hydrogens (tertiary/aromatic N) is 1. The summed E-state index contributed by atoms with van der Waals surface area (Å²) in [6.07, 6.45) is 0. The van der Waals surface area contributed by atoms with Crippen LogP contribution in [0.2, 0.25) is 0 Å². The van der Waals surface area contributed by atoms with Crippen LogP contribution in [0.3, 0.4) is 0 Å². The van der Waals surface area contributed by atoms with Gasteiger partial charge in [-0.15, -0.1) is 0 Å². The van der Waals surface area contributed by atoms with Gasteiger partial charge in [-0.25, -0.2) is 5.48 Å². The van der Waals surface area contributed by atoms with Crippen LogP contribution in [0.5, 0.6) is 0 Å². The van der Waals surface area contributed by atoms with Crippen molar-refractivity contribution in [3.63, 3.8) is 0 Å². The summed E-state index contributed by atoms with van der Waals surface area (Å²) in [6.45, 7) is 4.05. The zero-order valence-electron chi connectivity index (χ0n) is 7.05. The average Bonchev–Trinajstić information content (AvgIpc) is 2.47. The van der Waals surface area contributed by atoms with E-state index in [4.69, 9.17) is 4.84 Å². The van der Waals surface area contributed by atoms with E-state index < -0.39 is 0 Å². The molecule has 0 spiro atoms. The lowest BCUT2D eigenvalue weighted by Gasteiger charge is -1.98. The van der Waals surface area contributed by atoms with Gasteiger partial charge < -0.3 is 0 Å². The van der Waals surface area contributed by atoms with E-state index in [2.05, 4.69) is 15.7 Å². The van der Waals surface area contributed by atoms with Gasteiger partial charge in [0.05, 0.1) is 6.61 Å². The molecule has 0 unspecified atom stereocenters. The fourth-order valence-electron chi connectivity index (χ4n) is 0.724. The van der Waals surface area contributed by atoms with Crippen LogP contribution in [0.15, 0.2) is 6.07 Å². The molecule has 1 amide bonds. The largest absolute Gasteiger partial charge is 0.295 e. The van der Waals surface area contributed by atoms with Gasteiger partial charge in [0.25, 0.3) is 5.91 Å². The van der Waals surface area contributed by atoms with E-state index in [0.717, 1.165) is 5.69 Å². The SMILES string of the molecule is CCONC(=O)c1cc(C)[nH]n1. The lowest BCUT2D eigenvalue weighted by molar-refractivity contribution is 0.0360. The monoisotopic (exact) mass is 169 g/mol. The molecule has 0 fully saturated rings. The van der Waals surface area contributed by atoms with Crippen molar-refractivity contribution in [2.75, 3.05) is 6.61 Å². The zero-order valence-corrected chi connectivity index (χ0v) is 7.05. The van der Waals surface area contributed by atoms with Gasteiger partial charge in [-0.2, -0.15) is 5.10 Å². The number of hydrogen-bond acceptors (Lipinski definition) is 3. The number of aromatic nitrogens is 2. The molecule has 2 N–H and O–H groups in total. The number of rotatable bonds is 3. The predicted octanol–water partition coefficient (Wildman–Crippen LogP) is 0.399. The number of nitrogens with one attached hydrogen (secondary N) is 2. The van der Waals surface area contributed by atoms with Crippen molar-refractivity contribution >= 4 is 5.91 Å². The van der Waals surface area contributed by atoms with Gasteiger partial charge in [-0.1, -0.05) is 0 Å². The summed E-state index contributed by atoms with van der Waals surface area (Å²) in [4.78, 5) is 15.8. The predicted molar refractivity (Wildman–Crippen MR) is 42.4 cm³/mol. The number of carbonyl (C=O) groups is 1. The Bertz CT molecular complexity index is 269. The first-order chi connectivity index (χ1) is 5.74. The van der Waals surface area contributed by atoms with Gasteiger partial charge >= 0.3 is 0 Å². The van der Waals surface area contributed by atoms with Gasteiger partial charge in [0.1, 0.15) is 0 Å². The fraction of sp³-hybridized carbons (Fsp3) is 0.429. The number of hydroxylamine groups is 1. The lowest BCUT2D eigenvalue weighted by Crippen LogP contribution is -2.23. The molecule has 1 aromatic heterocycles. The molecule has 0 radical (unpaired) electrons. The van der Waals surface area contributed by atoms with Crippen molar-refractivity contribution < 1.29 is 9.63 Å². The Balaban J connectivity index is 2.53. The fourth-order valence-corrected chi connectivity index (χ4v) is 0.724. The minimum atomic E-state index is -0.332. The van der Waals surface area contributed by atoms with E-state index >= 15 is 0 Å². The molecular formula is C7H11N3O2. The second kappa shape index (κ2) is 3.87. The summed E-state index contributed by atoms with van der Waals surface area (Å²) in [5, 5.41) is 6.41. The van der Waals surface area contributed by atoms with E-state index in [1.807, 2.05) is 6.92 Å². The van der Waals surface area contributed by atoms with E-state index in [1.165, 1.54) is 0 Å². The van der Waals surface area contributed by atoms with E-state index in [-0.39, 0.29) is 5.91 Å². The summed E-state index contributed by atoms with van der Waals surface area (Å²) in [5.74, 6) is -0.332. The number of hydrogen-bond donors (Lipinski definition) is 2. The molecule has 0 atom stereocenters. The zero-order chi connectivity index (χ0) is 8.97. The number of carbonyl (C=O) groups excluding carboxylic acids is 1. The van der Waals surface area contributed by atoms with E-state index in [0.29, 0.717) is 12.3 Å². The maximum atomic E-state index is 11.1. The third-order valence-electron chi connectivity index (χ3n) is 1.25. The highest BCUT2D eigenvalue weighted by Gasteiger charge is 2.07. The quantitative estimate of drug-likeness (QED) is 0.643. The van der Waals surface area contributed by atoms with Gasteiger partial charge in [-0.3, -0.25) is 14.7 Å². The first kappa shape index (κ1) is 8.73. The third kappa shape index (κ3) is 2.06. The maximum Gasteiger partial charge on any atom is 0.295 e. The van der Waals surface area contributed by atoms with Crippen LogP contribution in [0.4, 0.5) is 0 Å². The first-order valence-electron chi connectivity index (χ1n) is 3.68. The van der Waals surface area contributed by atoms with Gasteiger partial charge in [0.2, 0.25) is 0 Å². The normalized spacial score (nSPS) is 9.83. The van der Waals surface area contributed by atoms with Gasteiger partial charge in [0.15, 0.2) is 5.69 Å². The van der Waals surface area contributed by atoms with Crippen LogP contribution in [0, 0.1) is 6.92 Å². The Morgan fingerprint density at radius 1 is 1.83 bits per heavy atom. The van der Waals surface area contributed by atoms with Crippen molar-refractivity contribution in [2.45, 2.75) is 13.8 Å². The molecule has 0 bridgehead atoms. The Labute approximate surface area is 70.1 Å². The highest BCUT2D eigenvalue weighted by Crippen LogP contribution is 1.96. The number of H-pyrrole nitrogens is 1. The van der Waals surface area contributed by atoms with Crippen molar-refractivity contribution in [2.24, 2.45) is 0 Å². The molecular weight excluding hydrogens is 158 g/mol. The second-order valence-corrected chi connectivity index (χ2v) is 2.30. The van der Waals surface area contributed by atoms with E-state index in [1.54, 1.807) is 13.0 Å². The van der Waals surface area contributed by atoms with Crippen LogP contribution in [0.25, 0.3) is 0 Å². The molecule has 0 aliphatic rings. The smallest absolute Gasteiger partial charge is 0.282 e. The maximum absolute atomic E-state index is 11.1. The van der Waals surface area contributed by atoms with Crippen LogP contribution in [0.1, 0.15) is 23.1 Å². The number of aromatic amines is 1. The second-order valence-electron chi connectivity index (χ2n) is 2.30. The number of amides is 1. The van der Waals surface area contributed by atoms with Crippen molar-refractivity contribution in [3.8, 4) is 0 Å². The molecule has 5 nitrogen and oxygen atoms in total. The molecule has 0 saturated carbocycles. The summed E-state index contributed by atoms with van der Waals surface area (Å²) < 4.78 is 0. The Morgan fingerprint density at radius 2 is 2.58 bits per heavy atom. The minimum absolute atomic E-state index is 0.332. The van der Waals surface area contributed by atoms with Crippen LogP contribution < -0.4 is 5.48 Å². The van der Waals surface area contributed by atoms with E-state index in [9.17, 15) is 4.79 Å². The lowest BCUT2D eigenvalue weighted by atomic mass is 10.4. The molecule has 5 heteroatoms. The van der Waals surface area contributed by atoms with Crippen LogP contribution in [-0.4, -0.2) is 22.7 Å². The van der Waals surface area contributed by atoms with Gasteiger partial charge in [0, 0.05) is 5.69 Å². The highest BCUT2D eigenvalue weighted by atomic mass is 16.6. The standard InChI is InChI=1S/C7H11N3O2/c1-3-12-10-7(11)6-4-5(2)8-9-6/h4H,3H2,1-2H3,(H,8,9)(H,10,11). The molecule has 0 saturated heterocycles. The van der Waals surface area contributed by atoms with Crippen molar-refractivity contribution in [1.82, 2.24) is 15.7 Å². The van der Waals surface area contributed by atoms with Crippen LogP contribution in [-0.2, 0) is 4.84 Å². The van der Waals surface area contributed by atoms with Crippen molar-refractivity contribution in [3.05, 3.63) is 17.5 Å². The summed E-state index contributed by atoms with van der Waals surface area (Å²) in [5.41, 5.74) is 3.42. The molecule has 0 aromatic carbocycles. The minimum Gasteiger partial charge on any atom is -0.282 e. The molecule has 66 valence electrons. The molecule has 12 heavy (non-hydrogen) atoms. The average molecular weight is 169 g/mol. The molecule has 1 rings (SSSR count). The molecule has 0 aliphatic carbocycles. The Kier molecular flexibility index (Phi) is 2.82. The number of aryl methyl sites for hydroxylation is 1. The Morgan fingerprint density at radius 3 is 3.08 bits per heavy atom.